The fourth-order valence-electron chi connectivity index (χ4n) is 10.7. The van der Waals surface area contributed by atoms with E-state index in [9.17, 15) is 30.0 Å². The van der Waals surface area contributed by atoms with Crippen molar-refractivity contribution in [2.45, 2.75) is 112 Å². The van der Waals surface area contributed by atoms with Crippen LogP contribution in [-0.2, 0) is 9.59 Å². The Morgan fingerprint density at radius 2 is 1.47 bits per heavy atom. The van der Waals surface area contributed by atoms with Crippen molar-refractivity contribution in [2.75, 3.05) is 0 Å². The average molecular weight is 503 g/mol. The van der Waals surface area contributed by atoms with Crippen molar-refractivity contribution in [3.63, 3.8) is 0 Å². The van der Waals surface area contributed by atoms with E-state index in [1.54, 1.807) is 6.92 Å². The molecule has 5 aliphatic carbocycles. The standard InChI is InChI=1S/C30H46O6/c1-25(2)11-13-30(24(35)36)14-12-27(4)17(18(30)15-25)7-8-20-26(3)16-19(31)22(32)29(6,23(33)34)21(26)9-10-28(20,27)5/h7,18-22,31-32H,8-16H2,1-6H3,(H,33,34)(H,35,36)/t18-,19-,20-,21?,22+,26-,27-,28-,29?,30+/m1/s1. The molecule has 0 spiro atoms. The van der Waals surface area contributed by atoms with Crippen LogP contribution >= 0.6 is 0 Å². The predicted molar refractivity (Wildman–Crippen MR) is 136 cm³/mol. The van der Waals surface area contributed by atoms with E-state index in [0.29, 0.717) is 19.3 Å². The first-order valence-corrected chi connectivity index (χ1v) is 14.0. The number of hydrogen-bond donors (Lipinski definition) is 4. The molecule has 4 saturated carbocycles. The molecule has 0 amide bonds. The maximum Gasteiger partial charge on any atom is 0.312 e. The molecular formula is C30H46O6. The van der Waals surface area contributed by atoms with Crippen molar-refractivity contribution < 1.29 is 30.0 Å². The lowest BCUT2D eigenvalue weighted by Gasteiger charge is -2.71. The van der Waals surface area contributed by atoms with Gasteiger partial charge in [-0.15, -0.1) is 0 Å². The van der Waals surface area contributed by atoms with Gasteiger partial charge in [-0.2, -0.15) is 0 Å². The van der Waals surface area contributed by atoms with Crippen LogP contribution in [0.3, 0.4) is 0 Å². The Hall–Kier alpha value is -1.40. The highest BCUT2D eigenvalue weighted by atomic mass is 16.4. The van der Waals surface area contributed by atoms with Crippen LogP contribution in [0.15, 0.2) is 11.6 Å². The summed E-state index contributed by atoms with van der Waals surface area (Å²) in [5, 5.41) is 42.6. The molecule has 5 rings (SSSR count). The number of aliphatic hydroxyl groups excluding tert-OH is 2. The van der Waals surface area contributed by atoms with Crippen molar-refractivity contribution >= 4 is 11.9 Å². The second-order valence-corrected chi connectivity index (χ2v) is 15.0. The van der Waals surface area contributed by atoms with Crippen LogP contribution in [0.2, 0.25) is 0 Å². The van der Waals surface area contributed by atoms with Crippen molar-refractivity contribution in [1.82, 2.24) is 0 Å². The molecule has 0 bridgehead atoms. The third kappa shape index (κ3) is 2.98. The molecule has 4 N–H and O–H groups in total. The minimum Gasteiger partial charge on any atom is -0.481 e. The van der Waals surface area contributed by atoms with Gasteiger partial charge >= 0.3 is 11.9 Å². The molecule has 36 heavy (non-hydrogen) atoms. The summed E-state index contributed by atoms with van der Waals surface area (Å²) in [4.78, 5) is 25.3. The maximum atomic E-state index is 12.8. The van der Waals surface area contributed by atoms with Gasteiger partial charge in [0, 0.05) is 0 Å². The number of fused-ring (bicyclic) bond motifs is 7. The SMILES string of the molecule is CC1(C)CC[C@]2(C(=O)O)CC[C@]3(C)C(=CC[C@@H]4[C@@]5(C)C[C@@H](O)[C@H](O)C(C)(C(=O)O)C5CC[C@]43C)[C@H]2C1. The molecule has 0 aliphatic heterocycles. The summed E-state index contributed by atoms with van der Waals surface area (Å²) < 4.78 is 0. The molecule has 0 radical (unpaired) electrons. The van der Waals surface area contributed by atoms with E-state index in [1.165, 1.54) is 5.57 Å². The number of aliphatic carboxylic acids is 2. The second kappa shape index (κ2) is 7.59. The van der Waals surface area contributed by atoms with E-state index in [2.05, 4.69) is 40.7 Å². The number of allylic oxidation sites excluding steroid dienone is 2. The lowest BCUT2D eigenvalue weighted by Crippen LogP contribution is -2.68. The largest absolute Gasteiger partial charge is 0.481 e. The first kappa shape index (κ1) is 26.2. The number of carbonyl (C=O) groups is 2. The number of aliphatic hydroxyl groups is 2. The summed E-state index contributed by atoms with van der Waals surface area (Å²) in [6.07, 6.45) is 6.80. The van der Waals surface area contributed by atoms with Crippen molar-refractivity contribution in [3.05, 3.63) is 11.6 Å². The Morgan fingerprint density at radius 1 is 0.833 bits per heavy atom. The van der Waals surface area contributed by atoms with Crippen molar-refractivity contribution in [3.8, 4) is 0 Å². The number of carboxylic acids is 2. The van der Waals surface area contributed by atoms with Gasteiger partial charge in [-0.3, -0.25) is 9.59 Å². The molecule has 2 unspecified atom stereocenters. The van der Waals surface area contributed by atoms with Gasteiger partial charge in [-0.25, -0.2) is 0 Å². The van der Waals surface area contributed by atoms with Crippen LogP contribution in [0.25, 0.3) is 0 Å². The third-order valence-electron chi connectivity index (χ3n) is 13.1. The minimum absolute atomic E-state index is 0.0314. The lowest BCUT2D eigenvalue weighted by atomic mass is 9.33. The second-order valence-electron chi connectivity index (χ2n) is 15.0. The summed E-state index contributed by atoms with van der Waals surface area (Å²) in [6.45, 7) is 13.0. The van der Waals surface area contributed by atoms with E-state index >= 15 is 0 Å². The highest BCUT2D eigenvalue weighted by Crippen LogP contribution is 2.75. The Morgan fingerprint density at radius 3 is 2.08 bits per heavy atom. The molecule has 0 saturated heterocycles. The van der Waals surface area contributed by atoms with Gasteiger partial charge in [-0.1, -0.05) is 46.3 Å². The van der Waals surface area contributed by atoms with Gasteiger partial charge in [0.05, 0.1) is 23.0 Å². The zero-order valence-corrected chi connectivity index (χ0v) is 22.9. The zero-order chi connectivity index (χ0) is 26.7. The number of carboxylic acid groups (broad SMARTS) is 2. The molecule has 5 aliphatic rings. The Balaban J connectivity index is 1.62. The van der Waals surface area contributed by atoms with E-state index in [4.69, 9.17) is 0 Å². The van der Waals surface area contributed by atoms with Crippen LogP contribution in [0.1, 0.15) is 99.3 Å². The minimum atomic E-state index is -1.39. The Kier molecular flexibility index (Phi) is 5.53. The first-order valence-electron chi connectivity index (χ1n) is 14.0. The van der Waals surface area contributed by atoms with E-state index in [-0.39, 0.29) is 34.0 Å². The van der Waals surface area contributed by atoms with Crippen LogP contribution < -0.4 is 0 Å². The summed E-state index contributed by atoms with van der Waals surface area (Å²) in [5.74, 6) is -1.71. The Bertz CT molecular complexity index is 1020. The van der Waals surface area contributed by atoms with Crippen LogP contribution in [-0.4, -0.2) is 44.6 Å². The first-order chi connectivity index (χ1) is 16.5. The molecule has 0 aromatic heterocycles. The quantitative estimate of drug-likeness (QED) is 0.383. The van der Waals surface area contributed by atoms with Gasteiger partial charge in [0.1, 0.15) is 0 Å². The summed E-state index contributed by atoms with van der Waals surface area (Å²) >= 11 is 0. The average Bonchev–Trinajstić information content (AvgIpc) is 2.77. The molecule has 0 aromatic rings. The Labute approximate surface area is 215 Å². The van der Waals surface area contributed by atoms with E-state index in [0.717, 1.165) is 38.5 Å². The summed E-state index contributed by atoms with van der Waals surface area (Å²) in [5.41, 5.74) is -1.36. The predicted octanol–water partition coefficient (Wildman–Crippen LogP) is 5.27. The molecular weight excluding hydrogens is 456 g/mol. The number of rotatable bonds is 2. The van der Waals surface area contributed by atoms with Gasteiger partial charge in [0.25, 0.3) is 0 Å². The highest BCUT2D eigenvalue weighted by molar-refractivity contribution is 5.77. The fourth-order valence-corrected chi connectivity index (χ4v) is 10.7. The van der Waals surface area contributed by atoms with Gasteiger partial charge < -0.3 is 20.4 Å². The third-order valence-corrected chi connectivity index (χ3v) is 13.1. The molecule has 10 atom stereocenters. The monoisotopic (exact) mass is 502 g/mol. The van der Waals surface area contributed by atoms with Crippen LogP contribution in [0, 0.1) is 50.2 Å². The molecule has 4 fully saturated rings. The van der Waals surface area contributed by atoms with Crippen LogP contribution in [0.4, 0.5) is 0 Å². The normalized spacial score (nSPS) is 53.7. The topological polar surface area (TPSA) is 115 Å². The molecule has 0 heterocycles. The lowest BCUT2D eigenvalue weighted by molar-refractivity contribution is -0.239. The van der Waals surface area contributed by atoms with Crippen molar-refractivity contribution in [1.29, 1.82) is 0 Å². The van der Waals surface area contributed by atoms with Crippen molar-refractivity contribution in [2.24, 2.45) is 50.2 Å². The zero-order valence-electron chi connectivity index (χ0n) is 22.9. The number of hydrogen-bond acceptors (Lipinski definition) is 4. The summed E-state index contributed by atoms with van der Waals surface area (Å²) in [6, 6.07) is 0. The van der Waals surface area contributed by atoms with Gasteiger partial charge in [0.15, 0.2) is 0 Å². The van der Waals surface area contributed by atoms with Gasteiger partial charge in [0.2, 0.25) is 0 Å². The van der Waals surface area contributed by atoms with Gasteiger partial charge in [-0.05, 0) is 104 Å². The van der Waals surface area contributed by atoms with E-state index < -0.39 is 40.4 Å². The molecule has 202 valence electrons. The molecule has 6 heteroatoms. The fraction of sp³-hybridized carbons (Fsp3) is 0.867. The molecule has 6 nitrogen and oxygen atoms in total. The smallest absolute Gasteiger partial charge is 0.312 e. The highest BCUT2D eigenvalue weighted by Gasteiger charge is 2.71. The molecule has 0 aromatic carbocycles. The van der Waals surface area contributed by atoms with E-state index in [1.807, 2.05) is 0 Å². The maximum absolute atomic E-state index is 12.8. The summed E-state index contributed by atoms with van der Waals surface area (Å²) in [7, 11) is 0. The van der Waals surface area contributed by atoms with Crippen LogP contribution in [0.5, 0.6) is 0 Å².